The van der Waals surface area contributed by atoms with Crippen molar-refractivity contribution in [3.8, 4) is 5.75 Å². The van der Waals surface area contributed by atoms with Crippen molar-refractivity contribution < 1.29 is 22.7 Å². The van der Waals surface area contributed by atoms with Crippen LogP contribution in [0.1, 0.15) is 90.2 Å². The highest BCUT2D eigenvalue weighted by atomic mass is 19.4. The van der Waals surface area contributed by atoms with Crippen molar-refractivity contribution in [2.45, 2.75) is 96.3 Å². The summed E-state index contributed by atoms with van der Waals surface area (Å²) in [5.74, 6) is 0.0415. The largest absolute Gasteiger partial charge is 0.493 e. The van der Waals surface area contributed by atoms with Crippen LogP contribution in [0.4, 0.5) is 13.2 Å². The molecule has 0 aliphatic carbocycles. The minimum Gasteiger partial charge on any atom is -0.493 e. The Morgan fingerprint density at radius 1 is 1.03 bits per heavy atom. The normalized spacial score (nSPS) is 17.2. The molecule has 1 heterocycles. The quantitative estimate of drug-likeness (QED) is 0.322. The molecule has 0 saturated carbocycles. The van der Waals surface area contributed by atoms with Crippen LogP contribution in [0.5, 0.6) is 5.75 Å². The zero-order chi connectivity index (χ0) is 24.8. The molecule has 34 heavy (non-hydrogen) atoms. The molecule has 188 valence electrons. The summed E-state index contributed by atoms with van der Waals surface area (Å²) in [4.78, 5) is 12.0. The molecule has 0 spiro atoms. The van der Waals surface area contributed by atoms with Crippen LogP contribution >= 0.6 is 0 Å². The van der Waals surface area contributed by atoms with E-state index < -0.39 is 23.7 Å². The van der Waals surface area contributed by atoms with E-state index in [1.807, 2.05) is 12.1 Å². The Morgan fingerprint density at radius 3 is 2.29 bits per heavy atom. The Balaban J connectivity index is 1.77. The Kier molecular flexibility index (Phi) is 8.85. The van der Waals surface area contributed by atoms with E-state index in [-0.39, 0.29) is 12.0 Å². The summed E-state index contributed by atoms with van der Waals surface area (Å²) in [6.45, 7) is 5.95. The fourth-order valence-corrected chi connectivity index (χ4v) is 4.69. The zero-order valence-corrected chi connectivity index (χ0v) is 20.5. The predicted molar refractivity (Wildman–Crippen MR) is 130 cm³/mol. The maximum absolute atomic E-state index is 14.3. The number of alkyl halides is 3. The van der Waals surface area contributed by atoms with Gasteiger partial charge >= 0.3 is 6.18 Å². The van der Waals surface area contributed by atoms with Gasteiger partial charge in [-0.05, 0) is 43.4 Å². The second-order valence-corrected chi connectivity index (χ2v) is 9.90. The van der Waals surface area contributed by atoms with Crippen LogP contribution in [0.2, 0.25) is 0 Å². The number of nitrogens with zero attached hydrogens (tertiary/aromatic N) is 1. The van der Waals surface area contributed by atoms with Crippen LogP contribution < -0.4 is 10.2 Å². The Labute approximate surface area is 200 Å². The molecule has 0 unspecified atom stereocenters. The van der Waals surface area contributed by atoms with Crippen molar-refractivity contribution in [3.63, 3.8) is 0 Å². The summed E-state index contributed by atoms with van der Waals surface area (Å²) in [6.07, 6.45) is 4.75. The molecule has 1 saturated heterocycles. The van der Waals surface area contributed by atoms with Crippen molar-refractivity contribution >= 4 is 16.7 Å². The summed E-state index contributed by atoms with van der Waals surface area (Å²) in [5.41, 5.74) is 1.53. The van der Waals surface area contributed by atoms with Gasteiger partial charge in [0, 0.05) is 17.3 Å². The SMILES string of the molecule is CCCCCCCCCCOc1cc([C@H](N2NC(=O)CC2(C)C)C(F)(F)F)cc2ccccc12. The van der Waals surface area contributed by atoms with E-state index in [1.54, 1.807) is 32.0 Å². The number of amides is 1. The van der Waals surface area contributed by atoms with E-state index in [9.17, 15) is 18.0 Å². The van der Waals surface area contributed by atoms with Crippen molar-refractivity contribution in [2.75, 3.05) is 6.61 Å². The Morgan fingerprint density at radius 2 is 1.68 bits per heavy atom. The lowest BCUT2D eigenvalue weighted by molar-refractivity contribution is -0.203. The van der Waals surface area contributed by atoms with Gasteiger partial charge in [0.15, 0.2) is 6.04 Å². The molecule has 1 N–H and O–H groups in total. The smallest absolute Gasteiger partial charge is 0.409 e. The van der Waals surface area contributed by atoms with Crippen molar-refractivity contribution in [1.29, 1.82) is 0 Å². The first kappa shape index (κ1) is 26.3. The fourth-order valence-electron chi connectivity index (χ4n) is 4.69. The number of carbonyl (C=O) groups excluding carboxylic acids is 1. The van der Waals surface area contributed by atoms with Crippen LogP contribution in [0, 0.1) is 0 Å². The number of fused-ring (bicyclic) bond motifs is 1. The lowest BCUT2D eigenvalue weighted by Gasteiger charge is -2.38. The molecule has 2 aromatic carbocycles. The topological polar surface area (TPSA) is 41.6 Å². The molecule has 1 amide bonds. The maximum Gasteiger partial charge on any atom is 0.409 e. The van der Waals surface area contributed by atoms with Crippen LogP contribution in [0.15, 0.2) is 36.4 Å². The third-order valence-corrected chi connectivity index (χ3v) is 6.48. The average Bonchev–Trinajstić information content (AvgIpc) is 3.03. The zero-order valence-electron chi connectivity index (χ0n) is 20.5. The number of hydrazine groups is 1. The molecule has 1 fully saturated rings. The summed E-state index contributed by atoms with van der Waals surface area (Å²) < 4.78 is 49.0. The molecular formula is C27H37F3N2O2. The first-order chi connectivity index (χ1) is 16.1. The number of nitrogens with one attached hydrogen (secondary N) is 1. The minimum absolute atomic E-state index is 0.00889. The first-order valence-corrected chi connectivity index (χ1v) is 12.4. The maximum atomic E-state index is 14.3. The second-order valence-electron chi connectivity index (χ2n) is 9.90. The fraction of sp³-hybridized carbons (Fsp3) is 0.593. The molecule has 3 rings (SSSR count). The number of rotatable bonds is 12. The van der Waals surface area contributed by atoms with Gasteiger partial charge in [0.05, 0.1) is 6.61 Å². The van der Waals surface area contributed by atoms with E-state index in [0.29, 0.717) is 17.7 Å². The average molecular weight is 479 g/mol. The third-order valence-electron chi connectivity index (χ3n) is 6.48. The Bertz CT molecular complexity index is 959. The first-order valence-electron chi connectivity index (χ1n) is 12.4. The van der Waals surface area contributed by atoms with E-state index in [4.69, 9.17) is 4.74 Å². The highest BCUT2D eigenvalue weighted by molar-refractivity contribution is 5.89. The van der Waals surface area contributed by atoms with Gasteiger partial charge in [0.25, 0.3) is 0 Å². The van der Waals surface area contributed by atoms with Crippen LogP contribution in [0.25, 0.3) is 10.8 Å². The van der Waals surface area contributed by atoms with Gasteiger partial charge in [0.2, 0.25) is 5.91 Å². The summed E-state index contributed by atoms with van der Waals surface area (Å²) in [5, 5.41) is 2.52. The highest BCUT2D eigenvalue weighted by Crippen LogP contribution is 2.44. The van der Waals surface area contributed by atoms with Crippen LogP contribution in [0.3, 0.4) is 0 Å². The van der Waals surface area contributed by atoms with Crippen molar-refractivity contribution in [2.24, 2.45) is 0 Å². The van der Waals surface area contributed by atoms with E-state index >= 15 is 0 Å². The molecule has 2 aromatic rings. The predicted octanol–water partition coefficient (Wildman–Crippen LogP) is 7.48. The van der Waals surface area contributed by atoms with Crippen LogP contribution in [-0.2, 0) is 4.79 Å². The number of halogens is 3. The molecule has 1 atom stereocenters. The lowest BCUT2D eigenvalue weighted by Crippen LogP contribution is -2.51. The van der Waals surface area contributed by atoms with Gasteiger partial charge < -0.3 is 4.74 Å². The van der Waals surface area contributed by atoms with Crippen molar-refractivity contribution in [3.05, 3.63) is 42.0 Å². The number of carbonyl (C=O) groups is 1. The van der Waals surface area contributed by atoms with Crippen molar-refractivity contribution in [1.82, 2.24) is 10.4 Å². The third kappa shape index (κ3) is 6.65. The molecule has 0 bridgehead atoms. The minimum atomic E-state index is -4.58. The van der Waals surface area contributed by atoms with Crippen LogP contribution in [-0.4, -0.2) is 29.2 Å². The molecule has 7 heteroatoms. The highest BCUT2D eigenvalue weighted by Gasteiger charge is 2.53. The molecule has 1 aliphatic heterocycles. The second kappa shape index (κ2) is 11.4. The standard InChI is InChI=1S/C27H37F3N2O2/c1-4-5-6-7-8-9-10-13-16-34-23-18-21(17-20-14-11-12-15-22(20)23)25(27(28,29)30)32-26(2,3)19-24(33)31-32/h11-12,14-15,17-18,25H,4-10,13,16,19H2,1-3H3,(H,31,33)/t25-/m0/s1. The van der Waals surface area contributed by atoms with Gasteiger partial charge in [-0.15, -0.1) is 0 Å². The number of unbranched alkanes of at least 4 members (excludes halogenated alkanes) is 7. The summed E-state index contributed by atoms with van der Waals surface area (Å²) >= 11 is 0. The Hall–Kier alpha value is -2.28. The van der Waals surface area contributed by atoms with E-state index in [0.717, 1.165) is 29.7 Å². The molecule has 0 radical (unpaired) electrons. The van der Waals surface area contributed by atoms with Gasteiger partial charge in [-0.2, -0.15) is 18.2 Å². The number of ether oxygens (including phenoxy) is 1. The lowest BCUT2D eigenvalue weighted by atomic mass is 9.95. The molecule has 0 aromatic heterocycles. The van der Waals surface area contributed by atoms with Gasteiger partial charge in [0.1, 0.15) is 5.75 Å². The molecule has 4 nitrogen and oxygen atoms in total. The van der Waals surface area contributed by atoms with Gasteiger partial charge in [-0.3, -0.25) is 10.2 Å². The van der Waals surface area contributed by atoms with Gasteiger partial charge in [-0.25, -0.2) is 0 Å². The van der Waals surface area contributed by atoms with E-state index in [1.165, 1.54) is 38.2 Å². The molecular weight excluding hydrogens is 441 g/mol. The number of benzene rings is 2. The number of hydrogen-bond acceptors (Lipinski definition) is 3. The monoisotopic (exact) mass is 478 g/mol. The summed E-state index contributed by atoms with van der Waals surface area (Å²) in [6, 6.07) is 8.40. The molecule has 1 aliphatic rings. The van der Waals surface area contributed by atoms with Gasteiger partial charge in [-0.1, -0.05) is 76.1 Å². The number of hydrogen-bond donors (Lipinski definition) is 1. The summed E-state index contributed by atoms with van der Waals surface area (Å²) in [7, 11) is 0. The van der Waals surface area contributed by atoms with E-state index in [2.05, 4.69) is 12.3 Å².